The Kier molecular flexibility index (Phi) is 3.08. The Balaban J connectivity index is 2.52. The van der Waals surface area contributed by atoms with Crippen molar-refractivity contribution in [3.05, 3.63) is 38.4 Å². The molecule has 3 aromatic rings. The Morgan fingerprint density at radius 3 is 2.63 bits per heavy atom. The van der Waals surface area contributed by atoms with Gasteiger partial charge in [-0.3, -0.25) is 0 Å². The molecule has 96 valence electrons. The Bertz CT molecular complexity index is 838. The first-order chi connectivity index (χ1) is 8.97. The summed E-state index contributed by atoms with van der Waals surface area (Å²) in [5.41, 5.74) is 0.552. The molecule has 0 amide bonds. The molecule has 7 heteroatoms. The number of aromatic nitrogens is 3. The molecule has 3 rings (SSSR count). The minimum absolute atomic E-state index is 0.186. The summed E-state index contributed by atoms with van der Waals surface area (Å²) in [6.07, 6.45) is 0. The highest BCUT2D eigenvalue weighted by Crippen LogP contribution is 2.33. The van der Waals surface area contributed by atoms with Gasteiger partial charge < -0.3 is 0 Å². The van der Waals surface area contributed by atoms with E-state index >= 15 is 0 Å². The van der Waals surface area contributed by atoms with E-state index < -0.39 is 5.82 Å². The fraction of sp³-hybridized carbons (Fsp3) is 0.0833. The highest BCUT2D eigenvalue weighted by Gasteiger charge is 2.14. The second-order valence-corrected chi connectivity index (χ2v) is 5.54. The SMILES string of the molecule is Cc1nc(Cl)c2cc3cc(Cl)c(Br)c(F)c3nc2n1. The minimum atomic E-state index is -0.517. The van der Waals surface area contributed by atoms with Crippen molar-refractivity contribution in [2.75, 3.05) is 0 Å². The van der Waals surface area contributed by atoms with Crippen LogP contribution in [0.3, 0.4) is 0 Å². The van der Waals surface area contributed by atoms with Crippen LogP contribution in [0.1, 0.15) is 5.82 Å². The first-order valence-corrected chi connectivity index (χ1v) is 6.80. The molecule has 3 nitrogen and oxygen atoms in total. The lowest BCUT2D eigenvalue weighted by atomic mass is 10.2. The third kappa shape index (κ3) is 2.06. The van der Waals surface area contributed by atoms with Crippen molar-refractivity contribution in [3.63, 3.8) is 0 Å². The largest absolute Gasteiger partial charge is 0.225 e. The van der Waals surface area contributed by atoms with Gasteiger partial charge in [-0.05, 0) is 35.0 Å². The summed E-state index contributed by atoms with van der Waals surface area (Å²) in [4.78, 5) is 12.4. The van der Waals surface area contributed by atoms with Crippen LogP contribution in [-0.2, 0) is 0 Å². The molecule has 0 atom stereocenters. The molecule has 19 heavy (non-hydrogen) atoms. The number of fused-ring (bicyclic) bond motifs is 2. The fourth-order valence-electron chi connectivity index (χ4n) is 1.83. The second-order valence-electron chi connectivity index (χ2n) is 3.98. The van der Waals surface area contributed by atoms with E-state index in [1.54, 1.807) is 19.1 Å². The van der Waals surface area contributed by atoms with Gasteiger partial charge in [-0.1, -0.05) is 23.2 Å². The number of hydrogen-bond acceptors (Lipinski definition) is 3. The van der Waals surface area contributed by atoms with Gasteiger partial charge in [-0.25, -0.2) is 19.3 Å². The molecule has 0 aliphatic rings. The Morgan fingerprint density at radius 2 is 1.89 bits per heavy atom. The quantitative estimate of drug-likeness (QED) is 0.331. The van der Waals surface area contributed by atoms with Crippen molar-refractivity contribution >= 4 is 61.1 Å². The molecule has 0 N–H and O–H groups in total. The van der Waals surface area contributed by atoms with E-state index in [9.17, 15) is 4.39 Å². The van der Waals surface area contributed by atoms with Crippen LogP contribution in [0.5, 0.6) is 0 Å². The van der Waals surface area contributed by atoms with Crippen LogP contribution >= 0.6 is 39.1 Å². The fourth-order valence-corrected chi connectivity index (χ4v) is 2.60. The van der Waals surface area contributed by atoms with Crippen LogP contribution in [0.25, 0.3) is 21.9 Å². The summed E-state index contributed by atoms with van der Waals surface area (Å²) in [6.45, 7) is 1.70. The molecule has 2 heterocycles. The topological polar surface area (TPSA) is 38.7 Å². The summed E-state index contributed by atoms with van der Waals surface area (Å²) in [6, 6.07) is 3.30. The van der Waals surface area contributed by atoms with Crippen molar-refractivity contribution in [2.24, 2.45) is 0 Å². The van der Waals surface area contributed by atoms with Gasteiger partial charge in [0.05, 0.1) is 14.9 Å². The Hall–Kier alpha value is -1.04. The van der Waals surface area contributed by atoms with Gasteiger partial charge in [-0.15, -0.1) is 0 Å². The maximum atomic E-state index is 14.1. The molecular formula is C12H5BrCl2FN3. The smallest absolute Gasteiger partial charge is 0.165 e. The number of halogens is 4. The number of benzene rings is 1. The van der Waals surface area contributed by atoms with E-state index in [0.717, 1.165) is 0 Å². The van der Waals surface area contributed by atoms with Crippen LogP contribution in [0, 0.1) is 12.7 Å². The third-order valence-electron chi connectivity index (χ3n) is 2.67. The number of nitrogens with zero attached hydrogens (tertiary/aromatic N) is 3. The zero-order valence-electron chi connectivity index (χ0n) is 9.51. The van der Waals surface area contributed by atoms with Gasteiger partial charge in [0, 0.05) is 5.39 Å². The van der Waals surface area contributed by atoms with E-state index in [-0.39, 0.29) is 20.2 Å². The Morgan fingerprint density at radius 1 is 1.16 bits per heavy atom. The lowest BCUT2D eigenvalue weighted by Crippen LogP contribution is -1.95. The van der Waals surface area contributed by atoms with Gasteiger partial charge in [0.1, 0.15) is 16.5 Å². The Labute approximate surface area is 125 Å². The van der Waals surface area contributed by atoms with E-state index in [1.807, 2.05) is 0 Å². The number of rotatable bonds is 0. The summed E-state index contributed by atoms with van der Waals surface area (Å²) in [7, 11) is 0. The van der Waals surface area contributed by atoms with Crippen LogP contribution in [0.4, 0.5) is 4.39 Å². The van der Waals surface area contributed by atoms with Crippen LogP contribution < -0.4 is 0 Å². The standard InChI is InChI=1S/C12H5BrCl2FN3/c1-4-17-11(15)6-2-5-3-7(14)8(13)9(16)10(5)19-12(6)18-4/h2-3H,1H3. The van der Waals surface area contributed by atoms with Crippen LogP contribution in [0.15, 0.2) is 16.6 Å². The molecule has 0 aliphatic heterocycles. The van der Waals surface area contributed by atoms with E-state index in [2.05, 4.69) is 30.9 Å². The summed E-state index contributed by atoms with van der Waals surface area (Å²) >= 11 is 15.1. The maximum Gasteiger partial charge on any atom is 0.165 e. The van der Waals surface area contributed by atoms with Gasteiger partial charge in [-0.2, -0.15) is 0 Å². The minimum Gasteiger partial charge on any atom is -0.225 e. The lowest BCUT2D eigenvalue weighted by Gasteiger charge is -2.06. The number of pyridine rings is 1. The number of hydrogen-bond donors (Lipinski definition) is 0. The van der Waals surface area contributed by atoms with Crippen molar-refractivity contribution in [1.29, 1.82) is 0 Å². The highest BCUT2D eigenvalue weighted by molar-refractivity contribution is 9.10. The monoisotopic (exact) mass is 359 g/mol. The molecule has 0 radical (unpaired) electrons. The van der Waals surface area contributed by atoms with E-state index in [0.29, 0.717) is 22.2 Å². The average molecular weight is 361 g/mol. The van der Waals surface area contributed by atoms with Crippen LogP contribution in [0.2, 0.25) is 10.2 Å². The third-order valence-corrected chi connectivity index (χ3v) is 4.26. The number of aryl methyl sites for hydroxylation is 1. The summed E-state index contributed by atoms with van der Waals surface area (Å²) < 4.78 is 14.3. The van der Waals surface area contributed by atoms with Crippen LogP contribution in [-0.4, -0.2) is 15.0 Å². The molecule has 0 saturated heterocycles. The molecule has 0 bridgehead atoms. The van der Waals surface area contributed by atoms with E-state index in [1.165, 1.54) is 0 Å². The normalized spacial score (nSPS) is 11.4. The molecule has 0 saturated carbocycles. The van der Waals surface area contributed by atoms with Crippen molar-refractivity contribution < 1.29 is 4.39 Å². The lowest BCUT2D eigenvalue weighted by molar-refractivity contribution is 0.630. The molecule has 0 unspecified atom stereocenters. The van der Waals surface area contributed by atoms with Gasteiger partial charge in [0.25, 0.3) is 0 Å². The van der Waals surface area contributed by atoms with Crippen molar-refractivity contribution in [1.82, 2.24) is 15.0 Å². The van der Waals surface area contributed by atoms with Crippen molar-refractivity contribution in [3.8, 4) is 0 Å². The molecule has 0 spiro atoms. The predicted octanol–water partition coefficient (Wildman–Crippen LogP) is 4.69. The highest BCUT2D eigenvalue weighted by atomic mass is 79.9. The molecule has 0 fully saturated rings. The average Bonchev–Trinajstić information content (AvgIpc) is 2.35. The summed E-state index contributed by atoms with van der Waals surface area (Å²) in [5, 5.41) is 1.68. The van der Waals surface area contributed by atoms with Gasteiger partial charge in [0.2, 0.25) is 0 Å². The van der Waals surface area contributed by atoms with Gasteiger partial charge in [0.15, 0.2) is 11.5 Å². The molecular weight excluding hydrogens is 356 g/mol. The van der Waals surface area contributed by atoms with E-state index in [4.69, 9.17) is 23.2 Å². The molecule has 1 aromatic carbocycles. The zero-order chi connectivity index (χ0) is 13.7. The first kappa shape index (κ1) is 13.0. The van der Waals surface area contributed by atoms with Crippen molar-refractivity contribution in [2.45, 2.75) is 6.92 Å². The maximum absolute atomic E-state index is 14.1. The van der Waals surface area contributed by atoms with Gasteiger partial charge >= 0.3 is 0 Å². The second kappa shape index (κ2) is 4.51. The first-order valence-electron chi connectivity index (χ1n) is 5.25. The molecule has 0 aliphatic carbocycles. The zero-order valence-corrected chi connectivity index (χ0v) is 12.6. The predicted molar refractivity (Wildman–Crippen MR) is 77.3 cm³/mol. The molecule has 2 aromatic heterocycles. The summed E-state index contributed by atoms with van der Waals surface area (Å²) in [5.74, 6) is -0.0328.